The van der Waals surface area contributed by atoms with Crippen LogP contribution in [0.2, 0.25) is 0 Å². The molecule has 0 spiro atoms. The van der Waals surface area contributed by atoms with Crippen LogP contribution in [0.5, 0.6) is 0 Å². The van der Waals surface area contributed by atoms with Gasteiger partial charge in [0.1, 0.15) is 12.8 Å². The van der Waals surface area contributed by atoms with Crippen LogP contribution in [0.1, 0.15) is 5.56 Å². The fourth-order valence-corrected chi connectivity index (χ4v) is 2.04. The van der Waals surface area contributed by atoms with Crippen molar-refractivity contribution in [1.29, 1.82) is 0 Å². The van der Waals surface area contributed by atoms with Gasteiger partial charge in [-0.15, -0.1) is 0 Å². The van der Waals surface area contributed by atoms with Crippen molar-refractivity contribution in [2.24, 2.45) is 0 Å². The molecule has 3 aromatic rings. The van der Waals surface area contributed by atoms with Crippen molar-refractivity contribution in [3.63, 3.8) is 0 Å². The fraction of sp³-hybridized carbons (Fsp3) is 0.125. The zero-order valence-corrected chi connectivity index (χ0v) is 12.4. The van der Waals surface area contributed by atoms with E-state index in [0.29, 0.717) is 11.5 Å². The van der Waals surface area contributed by atoms with Gasteiger partial charge < -0.3 is 9.84 Å². The molecular weight excluding hydrogens is 296 g/mol. The Labute approximate surface area is 131 Å². The highest BCUT2D eigenvalue weighted by Gasteiger charge is 2.08. The number of aromatic nitrogens is 3. The van der Waals surface area contributed by atoms with Crippen molar-refractivity contribution < 1.29 is 9.32 Å². The number of hydrogen-bond donors (Lipinski definition) is 1. The molecule has 0 saturated heterocycles. The van der Waals surface area contributed by atoms with E-state index in [1.807, 2.05) is 31.2 Å². The second kappa shape index (κ2) is 6.27. The number of rotatable bonds is 4. The minimum absolute atomic E-state index is 0.146. The number of benzene rings is 1. The number of nitrogens with zero attached hydrogens (tertiary/aromatic N) is 3. The first-order chi connectivity index (χ1) is 11.1. The van der Waals surface area contributed by atoms with Gasteiger partial charge in [-0.25, -0.2) is 4.98 Å². The summed E-state index contributed by atoms with van der Waals surface area (Å²) in [5.74, 6) is -0.0850. The number of amides is 1. The molecule has 0 saturated carbocycles. The quantitative estimate of drug-likeness (QED) is 0.794. The van der Waals surface area contributed by atoms with Crippen LogP contribution in [0.4, 0.5) is 5.82 Å². The monoisotopic (exact) mass is 310 g/mol. The van der Waals surface area contributed by atoms with Crippen LogP contribution in [-0.2, 0) is 11.3 Å². The first-order valence-electron chi connectivity index (χ1n) is 6.95. The van der Waals surface area contributed by atoms with Crippen LogP contribution >= 0.6 is 0 Å². The predicted octanol–water partition coefficient (Wildman–Crippen LogP) is 1.85. The Kier molecular flexibility index (Phi) is 4.01. The smallest absolute Gasteiger partial charge is 0.254 e. The minimum Gasteiger partial charge on any atom is -0.363 e. The molecule has 116 valence electrons. The molecule has 0 aliphatic heterocycles. The predicted molar refractivity (Wildman–Crippen MR) is 83.8 cm³/mol. The lowest BCUT2D eigenvalue weighted by Gasteiger charge is -2.06. The highest BCUT2D eigenvalue weighted by Crippen LogP contribution is 2.15. The largest absolute Gasteiger partial charge is 0.363 e. The molecule has 0 unspecified atom stereocenters. The van der Waals surface area contributed by atoms with Gasteiger partial charge in [0.05, 0.1) is 12.0 Å². The summed E-state index contributed by atoms with van der Waals surface area (Å²) in [5.41, 5.74) is 2.26. The molecule has 3 rings (SSSR count). The van der Waals surface area contributed by atoms with Gasteiger partial charge >= 0.3 is 0 Å². The van der Waals surface area contributed by atoms with Crippen molar-refractivity contribution in [2.75, 3.05) is 5.32 Å². The highest BCUT2D eigenvalue weighted by molar-refractivity contribution is 5.89. The molecule has 1 amide bonds. The molecule has 0 radical (unpaired) electrons. The number of carbonyl (C=O) groups excluding carboxylic acids is 1. The Bertz CT molecular complexity index is 867. The van der Waals surface area contributed by atoms with E-state index in [2.05, 4.69) is 20.0 Å². The summed E-state index contributed by atoms with van der Waals surface area (Å²) in [4.78, 5) is 28.2. The van der Waals surface area contributed by atoms with Crippen LogP contribution in [0, 0.1) is 6.92 Å². The summed E-state index contributed by atoms with van der Waals surface area (Å²) >= 11 is 0. The molecule has 1 N–H and O–H groups in total. The molecule has 7 nitrogen and oxygen atoms in total. The minimum atomic E-state index is -0.383. The topological polar surface area (TPSA) is 90.0 Å². The second-order valence-corrected chi connectivity index (χ2v) is 5.04. The van der Waals surface area contributed by atoms with Gasteiger partial charge in [-0.3, -0.25) is 14.2 Å². The number of nitrogens with one attached hydrogen (secondary N) is 1. The van der Waals surface area contributed by atoms with Crippen LogP contribution in [0.15, 0.2) is 58.3 Å². The van der Waals surface area contributed by atoms with Gasteiger partial charge in [-0.2, -0.15) is 0 Å². The SMILES string of the molecule is Cc1ccc(-c2cc(=O)n(CC(=O)Nc3ccon3)cn2)cc1. The molecule has 0 atom stereocenters. The van der Waals surface area contributed by atoms with Crippen molar-refractivity contribution in [3.05, 3.63) is 64.9 Å². The molecular formula is C16H14N4O3. The number of hydrogen-bond acceptors (Lipinski definition) is 5. The summed E-state index contributed by atoms with van der Waals surface area (Å²) in [6, 6.07) is 10.6. The van der Waals surface area contributed by atoms with Gasteiger partial charge in [0, 0.05) is 17.7 Å². The first-order valence-corrected chi connectivity index (χ1v) is 6.95. The summed E-state index contributed by atoms with van der Waals surface area (Å²) in [7, 11) is 0. The zero-order valence-electron chi connectivity index (χ0n) is 12.4. The van der Waals surface area contributed by atoms with E-state index in [9.17, 15) is 9.59 Å². The van der Waals surface area contributed by atoms with Crippen molar-refractivity contribution in [2.45, 2.75) is 13.5 Å². The lowest BCUT2D eigenvalue weighted by molar-refractivity contribution is -0.116. The molecule has 2 heterocycles. The number of aryl methyl sites for hydroxylation is 1. The second-order valence-electron chi connectivity index (χ2n) is 5.04. The normalized spacial score (nSPS) is 10.5. The number of carbonyl (C=O) groups is 1. The maximum absolute atomic E-state index is 12.1. The van der Waals surface area contributed by atoms with E-state index >= 15 is 0 Å². The van der Waals surface area contributed by atoms with E-state index < -0.39 is 0 Å². The van der Waals surface area contributed by atoms with Crippen molar-refractivity contribution in [3.8, 4) is 11.3 Å². The molecule has 2 aromatic heterocycles. The third-order valence-electron chi connectivity index (χ3n) is 3.25. The van der Waals surface area contributed by atoms with Crippen molar-refractivity contribution >= 4 is 11.7 Å². The van der Waals surface area contributed by atoms with Crippen LogP contribution in [-0.4, -0.2) is 20.6 Å². The average molecular weight is 310 g/mol. The van der Waals surface area contributed by atoms with Crippen LogP contribution < -0.4 is 10.9 Å². The van der Waals surface area contributed by atoms with Gasteiger partial charge in [0.25, 0.3) is 5.56 Å². The van der Waals surface area contributed by atoms with Gasteiger partial charge in [-0.05, 0) is 6.92 Å². The summed E-state index contributed by atoms with van der Waals surface area (Å²) in [5, 5.41) is 6.09. The average Bonchev–Trinajstić information content (AvgIpc) is 3.03. The summed E-state index contributed by atoms with van der Waals surface area (Å²) in [6.45, 7) is 1.84. The summed E-state index contributed by atoms with van der Waals surface area (Å²) < 4.78 is 5.85. The van der Waals surface area contributed by atoms with Crippen molar-refractivity contribution in [1.82, 2.24) is 14.7 Å². The third-order valence-corrected chi connectivity index (χ3v) is 3.25. The van der Waals surface area contributed by atoms with E-state index in [0.717, 1.165) is 11.1 Å². The Hall–Kier alpha value is -3.22. The molecule has 7 heteroatoms. The van der Waals surface area contributed by atoms with Crippen LogP contribution in [0.3, 0.4) is 0 Å². The molecule has 23 heavy (non-hydrogen) atoms. The van der Waals surface area contributed by atoms with E-state index in [1.165, 1.54) is 29.3 Å². The van der Waals surface area contributed by atoms with Gasteiger partial charge in [0.15, 0.2) is 5.82 Å². The zero-order chi connectivity index (χ0) is 16.2. The summed E-state index contributed by atoms with van der Waals surface area (Å²) in [6.07, 6.45) is 2.71. The molecule has 1 aromatic carbocycles. The van der Waals surface area contributed by atoms with E-state index in [4.69, 9.17) is 0 Å². The van der Waals surface area contributed by atoms with Crippen LogP contribution in [0.25, 0.3) is 11.3 Å². The third kappa shape index (κ3) is 3.52. The molecule has 0 aliphatic carbocycles. The maximum Gasteiger partial charge on any atom is 0.254 e. The Morgan fingerprint density at radius 1 is 1.26 bits per heavy atom. The molecule has 0 fully saturated rings. The lowest BCUT2D eigenvalue weighted by Crippen LogP contribution is -2.27. The first kappa shape index (κ1) is 14.7. The fourth-order valence-electron chi connectivity index (χ4n) is 2.04. The Morgan fingerprint density at radius 3 is 2.70 bits per heavy atom. The number of anilines is 1. The molecule has 0 aliphatic rings. The Balaban J connectivity index is 1.75. The van der Waals surface area contributed by atoms with Gasteiger partial charge in [0.2, 0.25) is 5.91 Å². The standard InChI is InChI=1S/C16H14N4O3/c1-11-2-4-12(5-3-11)13-8-16(22)20(10-17-13)9-15(21)18-14-6-7-23-19-14/h2-8,10H,9H2,1H3,(H,18,19,21). The van der Waals surface area contributed by atoms with E-state index in [1.54, 1.807) is 0 Å². The molecule has 0 bridgehead atoms. The maximum atomic E-state index is 12.1. The Morgan fingerprint density at radius 2 is 2.04 bits per heavy atom. The van der Waals surface area contributed by atoms with E-state index in [-0.39, 0.29) is 18.0 Å². The lowest BCUT2D eigenvalue weighted by atomic mass is 10.1. The highest BCUT2D eigenvalue weighted by atomic mass is 16.5. The van der Waals surface area contributed by atoms with Gasteiger partial charge in [-0.1, -0.05) is 35.0 Å².